The first kappa shape index (κ1) is 30.8. The third kappa shape index (κ3) is 8.76. The molecule has 1 aromatic carbocycles. The number of carboxylic acids is 1. The summed E-state index contributed by atoms with van der Waals surface area (Å²) in [6.45, 7) is 2.07. The van der Waals surface area contributed by atoms with E-state index in [0.29, 0.717) is 12.8 Å². The second-order valence-electron chi connectivity index (χ2n) is 8.21. The van der Waals surface area contributed by atoms with Crippen LogP contribution in [0.4, 0.5) is 0 Å². The van der Waals surface area contributed by atoms with Crippen LogP contribution in [0.2, 0.25) is 0 Å². The first-order chi connectivity index (χ1) is 15.7. The number of rotatable bonds is 13. The van der Waals surface area contributed by atoms with Crippen LogP contribution in [-0.2, 0) is 20.7 Å². The molecule has 2 rings (SSSR count). The summed E-state index contributed by atoms with van der Waals surface area (Å²) in [5.74, 6) is -1.47. The van der Waals surface area contributed by atoms with Crippen LogP contribution >= 0.6 is 0 Å². The molecule has 1 saturated heterocycles. The molecule has 186 valence electrons. The predicted octanol–water partition coefficient (Wildman–Crippen LogP) is -3.53. The third-order valence-corrected chi connectivity index (χ3v) is 5.57. The maximum Gasteiger partial charge on any atom is 1.00 e. The van der Waals surface area contributed by atoms with Gasteiger partial charge in [0.1, 0.15) is 30.2 Å². The Morgan fingerprint density at radius 2 is 1.82 bits per heavy atom. The van der Waals surface area contributed by atoms with Gasteiger partial charge >= 0.3 is 29.6 Å². The van der Waals surface area contributed by atoms with Crippen molar-refractivity contribution in [3.8, 4) is 11.5 Å². The summed E-state index contributed by atoms with van der Waals surface area (Å²) in [7, 11) is 1.38. The van der Waals surface area contributed by atoms with Crippen LogP contribution in [0.5, 0.6) is 11.5 Å². The van der Waals surface area contributed by atoms with E-state index < -0.39 is 42.8 Å². The maximum atomic E-state index is 12.2. The van der Waals surface area contributed by atoms with E-state index in [1.807, 2.05) is 0 Å². The number of unbranched alkanes of at least 4 members (excludes halogenated alkanes) is 2. The molecule has 0 aromatic heterocycles. The van der Waals surface area contributed by atoms with Gasteiger partial charge < -0.3 is 44.5 Å². The normalized spacial score (nSPS) is 25.2. The Hall–Kier alpha value is -1.24. The van der Waals surface area contributed by atoms with E-state index in [0.717, 1.165) is 24.8 Å². The number of hydrogen-bond acceptors (Lipinski definition) is 10. The molecule has 34 heavy (non-hydrogen) atoms. The molecule has 1 aromatic rings. The van der Waals surface area contributed by atoms with Crippen molar-refractivity contribution in [1.29, 1.82) is 0 Å². The minimum atomic E-state index is -1.89. The van der Waals surface area contributed by atoms with Crippen molar-refractivity contribution in [1.82, 2.24) is 0 Å². The molecule has 1 heterocycles. The number of hydrogen-bond donors (Lipinski definition) is 4. The average Bonchev–Trinajstić information content (AvgIpc) is 2.78. The molecule has 11 heteroatoms. The van der Waals surface area contributed by atoms with Crippen molar-refractivity contribution >= 4 is 11.8 Å². The summed E-state index contributed by atoms with van der Waals surface area (Å²) in [5.41, 5.74) is 0.765. The summed E-state index contributed by atoms with van der Waals surface area (Å²) in [6, 6.07) is 4.79. The molecule has 1 aliphatic heterocycles. The molecular weight excluding hydrogens is 459 g/mol. The zero-order chi connectivity index (χ0) is 24.5. The number of aliphatic carboxylic acids is 1. The molecule has 0 unspecified atom stereocenters. The van der Waals surface area contributed by atoms with Gasteiger partial charge in [0.25, 0.3) is 0 Å². The van der Waals surface area contributed by atoms with Gasteiger partial charge in [-0.25, -0.2) is 0 Å². The Morgan fingerprint density at radius 3 is 2.44 bits per heavy atom. The Kier molecular flexibility index (Phi) is 13.6. The number of carbonyl (C=O) groups is 2. The van der Waals surface area contributed by atoms with Crippen molar-refractivity contribution in [2.24, 2.45) is 0 Å². The summed E-state index contributed by atoms with van der Waals surface area (Å²) in [6.07, 6.45) is -5.18. The molecular formula is C23H33NaO10. The number of methoxy groups -OCH3 is 1. The fourth-order valence-corrected chi connectivity index (χ4v) is 3.61. The second kappa shape index (κ2) is 15.0. The Balaban J connectivity index is 0.00000578. The molecule has 0 radical (unpaired) electrons. The number of Topliss-reactive ketones (excluding diaryl/α,β-unsaturated/α-hetero) is 1. The topological polar surface area (TPSA) is 166 Å². The molecule has 4 N–H and O–H groups in total. The van der Waals surface area contributed by atoms with Gasteiger partial charge in [-0.05, 0) is 30.5 Å². The van der Waals surface area contributed by atoms with Crippen LogP contribution < -0.4 is 44.1 Å². The smallest absolute Gasteiger partial charge is 0.547 e. The van der Waals surface area contributed by atoms with Crippen LogP contribution in [0.3, 0.4) is 0 Å². The number of ether oxygens (including phenoxy) is 3. The molecule has 0 aliphatic carbocycles. The van der Waals surface area contributed by atoms with Crippen LogP contribution in [0.15, 0.2) is 18.2 Å². The number of aryl methyl sites for hydroxylation is 1. The Bertz CT molecular complexity index is 789. The quantitative estimate of drug-likeness (QED) is 0.160. The van der Waals surface area contributed by atoms with Gasteiger partial charge in [0.05, 0.1) is 19.2 Å². The summed E-state index contributed by atoms with van der Waals surface area (Å²) >= 11 is 0. The van der Waals surface area contributed by atoms with E-state index in [4.69, 9.17) is 14.2 Å². The van der Waals surface area contributed by atoms with Gasteiger partial charge in [-0.1, -0.05) is 32.3 Å². The van der Waals surface area contributed by atoms with Crippen LogP contribution in [0, 0.1) is 0 Å². The Morgan fingerprint density at radius 1 is 1.12 bits per heavy atom. The summed E-state index contributed by atoms with van der Waals surface area (Å²) in [4.78, 5) is 23.3. The van der Waals surface area contributed by atoms with Crippen molar-refractivity contribution < 1.29 is 78.9 Å². The van der Waals surface area contributed by atoms with Crippen molar-refractivity contribution in [2.45, 2.75) is 88.7 Å². The number of carboxylic acid groups (broad SMARTS) is 1. The molecule has 0 saturated carbocycles. The maximum absolute atomic E-state index is 12.2. The fraction of sp³-hybridized carbons (Fsp3) is 0.652. The summed E-state index contributed by atoms with van der Waals surface area (Å²) in [5, 5.41) is 50.8. The van der Waals surface area contributed by atoms with Gasteiger partial charge in [0, 0.05) is 12.8 Å². The standard InChI is InChI=1S/C23H34O10.Na/c1-3-4-5-6-14(24)12-15(25)9-7-13-8-10-16(17(11-13)31-2)32-23-20(28)18(26)19(27)21(33-23)22(29)30;/h8,10-11,14,18-21,23-24,26-28H,3-7,9,12H2,1-2H3,(H,29,30);/q;+1/p-1/t14-,18-,19-,20+,21-,23+;/m0./s1. The second-order valence-corrected chi connectivity index (χ2v) is 8.21. The van der Waals surface area contributed by atoms with E-state index >= 15 is 0 Å². The number of aliphatic hydroxyl groups excluding tert-OH is 4. The molecule has 1 fully saturated rings. The van der Waals surface area contributed by atoms with E-state index in [2.05, 4.69) is 6.92 Å². The number of carbonyl (C=O) groups excluding carboxylic acids is 2. The number of ketones is 1. The van der Waals surface area contributed by atoms with Gasteiger partial charge in [-0.15, -0.1) is 0 Å². The van der Waals surface area contributed by atoms with Gasteiger partial charge in [-0.2, -0.15) is 0 Å². The summed E-state index contributed by atoms with van der Waals surface area (Å²) < 4.78 is 15.9. The Labute approximate surface area is 221 Å². The van der Waals surface area contributed by atoms with E-state index in [9.17, 15) is 35.1 Å². The molecule has 0 amide bonds. The monoisotopic (exact) mass is 492 g/mol. The van der Waals surface area contributed by atoms with Crippen molar-refractivity contribution in [3.05, 3.63) is 23.8 Å². The van der Waals surface area contributed by atoms with Crippen molar-refractivity contribution in [3.63, 3.8) is 0 Å². The van der Waals surface area contributed by atoms with Gasteiger partial charge in [0.15, 0.2) is 11.5 Å². The van der Waals surface area contributed by atoms with Crippen LogP contribution in [0.1, 0.15) is 51.0 Å². The SMILES string of the molecule is CCCCC[C@H](O)CC(=O)CCc1ccc(O[C@@H]2O[C@H](C(=O)[O-])[C@@H](O)[C@H](O)[C@H]2O)c(OC)c1.[Na+]. The molecule has 10 nitrogen and oxygen atoms in total. The van der Waals surface area contributed by atoms with Crippen LogP contribution in [-0.4, -0.2) is 76.1 Å². The predicted molar refractivity (Wildman–Crippen MR) is 113 cm³/mol. The third-order valence-electron chi connectivity index (χ3n) is 5.57. The van der Waals surface area contributed by atoms with Crippen molar-refractivity contribution in [2.75, 3.05) is 7.11 Å². The molecule has 0 spiro atoms. The number of aliphatic hydroxyl groups is 4. The minimum Gasteiger partial charge on any atom is -0.547 e. The molecule has 6 atom stereocenters. The first-order valence-corrected chi connectivity index (χ1v) is 11.1. The van der Waals surface area contributed by atoms with Gasteiger partial charge in [0.2, 0.25) is 6.29 Å². The zero-order valence-electron chi connectivity index (χ0n) is 19.9. The average molecular weight is 492 g/mol. The van der Waals surface area contributed by atoms with E-state index in [1.165, 1.54) is 13.2 Å². The van der Waals surface area contributed by atoms with Gasteiger partial charge in [-0.3, -0.25) is 4.79 Å². The number of benzene rings is 1. The van der Waals surface area contributed by atoms with Crippen LogP contribution in [0.25, 0.3) is 0 Å². The van der Waals surface area contributed by atoms with E-state index in [-0.39, 0.29) is 59.7 Å². The first-order valence-electron chi connectivity index (χ1n) is 11.1. The molecule has 1 aliphatic rings. The zero-order valence-corrected chi connectivity index (χ0v) is 21.9. The fourth-order valence-electron chi connectivity index (χ4n) is 3.61. The van der Waals surface area contributed by atoms with E-state index in [1.54, 1.807) is 12.1 Å². The largest absolute Gasteiger partial charge is 1.00 e. The molecule has 0 bridgehead atoms. The minimum absolute atomic E-state index is 0.